The van der Waals surface area contributed by atoms with Gasteiger partial charge in [-0.1, -0.05) is 17.7 Å². The molecule has 0 aromatic heterocycles. The fourth-order valence-electron chi connectivity index (χ4n) is 2.54. The first kappa shape index (κ1) is 13.1. The number of hydroxylamine groups is 2. The molecule has 98 valence electrons. The van der Waals surface area contributed by atoms with E-state index in [1.807, 2.05) is 39.8 Å². The average molecular weight is 249 g/mol. The predicted octanol–water partition coefficient (Wildman–Crippen LogP) is 2.10. The van der Waals surface area contributed by atoms with Crippen molar-refractivity contribution in [2.24, 2.45) is 0 Å². The number of aryl methyl sites for hydroxylation is 3. The number of carbonyl (C=O) groups is 1. The van der Waals surface area contributed by atoms with Crippen LogP contribution in [0, 0.1) is 20.8 Å². The molecule has 2 unspecified atom stereocenters. The zero-order valence-corrected chi connectivity index (χ0v) is 11.2. The third kappa shape index (κ3) is 2.26. The van der Waals surface area contributed by atoms with Crippen LogP contribution in [0.2, 0.25) is 0 Å². The third-order valence-corrected chi connectivity index (χ3v) is 3.27. The molecule has 1 fully saturated rings. The van der Waals surface area contributed by atoms with Crippen LogP contribution in [0.1, 0.15) is 40.4 Å². The molecule has 0 radical (unpaired) electrons. The summed E-state index contributed by atoms with van der Waals surface area (Å²) < 4.78 is 0. The van der Waals surface area contributed by atoms with Crippen LogP contribution in [0.3, 0.4) is 0 Å². The van der Waals surface area contributed by atoms with Crippen molar-refractivity contribution in [3.05, 3.63) is 34.4 Å². The van der Waals surface area contributed by atoms with E-state index in [9.17, 15) is 9.90 Å². The summed E-state index contributed by atoms with van der Waals surface area (Å²) in [5.74, 6) is -0.172. The van der Waals surface area contributed by atoms with E-state index in [0.717, 1.165) is 16.7 Å². The van der Waals surface area contributed by atoms with Crippen molar-refractivity contribution in [3.63, 3.8) is 0 Å². The van der Waals surface area contributed by atoms with Gasteiger partial charge in [0.1, 0.15) is 0 Å². The Hall–Kier alpha value is -1.39. The van der Waals surface area contributed by atoms with Gasteiger partial charge in [0.05, 0.1) is 6.04 Å². The van der Waals surface area contributed by atoms with Gasteiger partial charge in [0.25, 0.3) is 5.91 Å². The fourth-order valence-corrected chi connectivity index (χ4v) is 2.54. The van der Waals surface area contributed by atoms with E-state index in [0.29, 0.717) is 12.0 Å². The Bertz CT molecular complexity index is 461. The molecule has 18 heavy (non-hydrogen) atoms. The van der Waals surface area contributed by atoms with Gasteiger partial charge in [-0.3, -0.25) is 4.79 Å². The molecule has 0 aliphatic carbocycles. The monoisotopic (exact) mass is 249 g/mol. The smallest absolute Gasteiger partial charge is 0.278 e. The summed E-state index contributed by atoms with van der Waals surface area (Å²) in [4.78, 5) is 17.6. The minimum atomic E-state index is -0.880. The lowest BCUT2D eigenvalue weighted by atomic mass is 9.99. The molecule has 2 atom stereocenters. The lowest BCUT2D eigenvalue weighted by molar-refractivity contribution is -0.192. The minimum Gasteiger partial charge on any atom is -0.366 e. The third-order valence-electron chi connectivity index (χ3n) is 3.27. The first-order valence-electron chi connectivity index (χ1n) is 6.16. The van der Waals surface area contributed by atoms with Crippen molar-refractivity contribution in [3.8, 4) is 0 Å². The number of aliphatic hydroxyl groups is 1. The first-order valence-corrected chi connectivity index (χ1v) is 6.16. The number of benzene rings is 1. The lowest BCUT2D eigenvalue weighted by Crippen LogP contribution is -2.33. The van der Waals surface area contributed by atoms with E-state index in [4.69, 9.17) is 4.84 Å². The molecule has 1 aliphatic rings. The van der Waals surface area contributed by atoms with Crippen LogP contribution in [0.4, 0.5) is 0 Å². The molecule has 0 spiro atoms. The van der Waals surface area contributed by atoms with Gasteiger partial charge >= 0.3 is 0 Å². The Morgan fingerprint density at radius 3 is 2.33 bits per heavy atom. The van der Waals surface area contributed by atoms with Crippen molar-refractivity contribution in [1.82, 2.24) is 5.06 Å². The summed E-state index contributed by atoms with van der Waals surface area (Å²) in [5.41, 5.74) is 3.68. The highest BCUT2D eigenvalue weighted by atomic mass is 16.8. The number of hydrogen-bond donors (Lipinski definition) is 1. The molecule has 0 saturated carbocycles. The maximum atomic E-state index is 12.4. The van der Waals surface area contributed by atoms with Crippen LogP contribution >= 0.6 is 0 Å². The summed E-state index contributed by atoms with van der Waals surface area (Å²) in [7, 11) is 0. The normalized spacial score (nSPS) is 23.5. The highest BCUT2D eigenvalue weighted by molar-refractivity contribution is 5.96. The van der Waals surface area contributed by atoms with Gasteiger partial charge in [0, 0.05) is 12.0 Å². The van der Waals surface area contributed by atoms with Gasteiger partial charge in [0.2, 0.25) is 0 Å². The molecule has 1 heterocycles. The van der Waals surface area contributed by atoms with Crippen molar-refractivity contribution in [1.29, 1.82) is 0 Å². The SMILES string of the molecule is Cc1cc(C)c(C(=O)N2OC(O)CC2C)c(C)c1. The standard InChI is InChI=1S/C14H19NO3/c1-8-5-9(2)13(10(3)6-8)14(17)15-11(4)7-12(16)18-15/h5-6,11-12,16H,7H2,1-4H3. The molecule has 1 amide bonds. The summed E-state index contributed by atoms with van der Waals surface area (Å²) in [5, 5.41) is 10.7. The second-order valence-corrected chi connectivity index (χ2v) is 5.05. The highest BCUT2D eigenvalue weighted by Crippen LogP contribution is 2.25. The van der Waals surface area contributed by atoms with E-state index in [-0.39, 0.29) is 11.9 Å². The zero-order valence-electron chi connectivity index (χ0n) is 11.2. The quantitative estimate of drug-likeness (QED) is 0.829. The number of amides is 1. The highest BCUT2D eigenvalue weighted by Gasteiger charge is 2.34. The largest absolute Gasteiger partial charge is 0.366 e. The average Bonchev–Trinajstić information content (AvgIpc) is 2.56. The van der Waals surface area contributed by atoms with Gasteiger partial charge in [0.15, 0.2) is 6.29 Å². The van der Waals surface area contributed by atoms with Gasteiger partial charge in [-0.15, -0.1) is 0 Å². The van der Waals surface area contributed by atoms with Gasteiger partial charge in [-0.2, -0.15) is 0 Å². The maximum Gasteiger partial charge on any atom is 0.278 e. The van der Waals surface area contributed by atoms with Crippen LogP contribution in [-0.2, 0) is 4.84 Å². The molecule has 4 nitrogen and oxygen atoms in total. The molecule has 1 aliphatic heterocycles. The summed E-state index contributed by atoms with van der Waals surface area (Å²) in [6.07, 6.45) is -0.426. The van der Waals surface area contributed by atoms with Crippen LogP contribution < -0.4 is 0 Å². The number of aliphatic hydroxyl groups excluding tert-OH is 1. The molecule has 0 bridgehead atoms. The van der Waals surface area contributed by atoms with E-state index >= 15 is 0 Å². The predicted molar refractivity (Wildman–Crippen MR) is 68.0 cm³/mol. The number of carbonyl (C=O) groups excluding carboxylic acids is 1. The maximum absolute atomic E-state index is 12.4. The first-order chi connectivity index (χ1) is 8.40. The lowest BCUT2D eigenvalue weighted by Gasteiger charge is -2.21. The Kier molecular flexibility index (Phi) is 3.41. The van der Waals surface area contributed by atoms with Crippen LogP contribution in [0.15, 0.2) is 12.1 Å². The number of nitrogens with zero attached hydrogens (tertiary/aromatic N) is 1. The van der Waals surface area contributed by atoms with Crippen LogP contribution in [-0.4, -0.2) is 28.4 Å². The molecule has 1 saturated heterocycles. The van der Waals surface area contributed by atoms with Crippen LogP contribution in [0.25, 0.3) is 0 Å². The minimum absolute atomic E-state index is 0.104. The Labute approximate surface area is 107 Å². The van der Waals surface area contributed by atoms with Gasteiger partial charge in [-0.05, 0) is 38.8 Å². The number of hydrogen-bond acceptors (Lipinski definition) is 3. The molecular weight excluding hydrogens is 230 g/mol. The molecule has 1 N–H and O–H groups in total. The van der Waals surface area contributed by atoms with Crippen molar-refractivity contribution in [2.45, 2.75) is 46.4 Å². The van der Waals surface area contributed by atoms with E-state index < -0.39 is 6.29 Å². The topological polar surface area (TPSA) is 49.8 Å². The zero-order chi connectivity index (χ0) is 13.4. The molecule has 4 heteroatoms. The van der Waals surface area contributed by atoms with Crippen molar-refractivity contribution < 1.29 is 14.7 Å². The molecule has 2 rings (SSSR count). The van der Waals surface area contributed by atoms with Gasteiger partial charge in [-0.25, -0.2) is 9.90 Å². The second kappa shape index (κ2) is 4.71. The summed E-state index contributed by atoms with van der Waals surface area (Å²) in [6, 6.07) is 3.86. The Morgan fingerprint density at radius 2 is 1.89 bits per heavy atom. The fraction of sp³-hybridized carbons (Fsp3) is 0.500. The Morgan fingerprint density at radius 1 is 1.33 bits per heavy atom. The van der Waals surface area contributed by atoms with Crippen molar-refractivity contribution >= 4 is 5.91 Å². The van der Waals surface area contributed by atoms with E-state index in [1.54, 1.807) is 0 Å². The van der Waals surface area contributed by atoms with Gasteiger partial charge < -0.3 is 5.11 Å². The van der Waals surface area contributed by atoms with E-state index in [2.05, 4.69) is 0 Å². The summed E-state index contributed by atoms with van der Waals surface area (Å²) >= 11 is 0. The molecular formula is C14H19NO3. The number of rotatable bonds is 1. The molecule has 1 aromatic carbocycles. The van der Waals surface area contributed by atoms with Crippen LogP contribution in [0.5, 0.6) is 0 Å². The summed E-state index contributed by atoms with van der Waals surface area (Å²) in [6.45, 7) is 7.72. The molecule has 1 aromatic rings. The van der Waals surface area contributed by atoms with E-state index in [1.165, 1.54) is 5.06 Å². The van der Waals surface area contributed by atoms with Crippen molar-refractivity contribution in [2.75, 3.05) is 0 Å². The Balaban J connectivity index is 2.35. The second-order valence-electron chi connectivity index (χ2n) is 5.05.